The second kappa shape index (κ2) is 10.6. The van der Waals surface area contributed by atoms with Gasteiger partial charge in [0.1, 0.15) is 17.5 Å². The number of hydrogen-bond donors (Lipinski definition) is 2. The van der Waals surface area contributed by atoms with Crippen molar-refractivity contribution in [2.45, 2.75) is 50.4 Å². The highest BCUT2D eigenvalue weighted by Crippen LogP contribution is 2.40. The zero-order chi connectivity index (χ0) is 26.8. The molecule has 1 aliphatic carbocycles. The molecule has 0 aliphatic heterocycles. The van der Waals surface area contributed by atoms with Crippen LogP contribution < -0.4 is 11.2 Å². The Bertz CT molecular complexity index is 1620. The third kappa shape index (κ3) is 4.71. The quantitative estimate of drug-likeness (QED) is 0.274. The summed E-state index contributed by atoms with van der Waals surface area (Å²) in [5.74, 6) is 0. The largest absolute Gasteiger partial charge is 0.381 e. The number of fused-ring (bicyclic) bond motifs is 1. The molecule has 0 amide bonds. The van der Waals surface area contributed by atoms with E-state index < -0.39 is 5.66 Å². The van der Waals surface area contributed by atoms with Crippen LogP contribution in [0.5, 0.6) is 0 Å². The molecular formula is C33H35N5O. The van der Waals surface area contributed by atoms with Crippen LogP contribution >= 0.6 is 0 Å². The Morgan fingerprint density at radius 1 is 0.897 bits per heavy atom. The molecule has 3 N–H and O–H groups in total. The number of nitrogens with zero attached hydrogens (tertiary/aromatic N) is 3. The van der Waals surface area contributed by atoms with Gasteiger partial charge in [0.25, 0.3) is 0 Å². The van der Waals surface area contributed by atoms with Crippen molar-refractivity contribution in [2.75, 3.05) is 7.11 Å². The molecule has 6 heteroatoms. The van der Waals surface area contributed by atoms with E-state index in [1.54, 1.807) is 13.4 Å². The molecule has 3 aromatic carbocycles. The van der Waals surface area contributed by atoms with Gasteiger partial charge in [0.2, 0.25) is 0 Å². The average molecular weight is 518 g/mol. The van der Waals surface area contributed by atoms with E-state index in [0.29, 0.717) is 5.49 Å². The van der Waals surface area contributed by atoms with Gasteiger partial charge in [-0.05, 0) is 48.8 Å². The fraction of sp³-hybridized carbons (Fsp3) is 0.273. The summed E-state index contributed by atoms with van der Waals surface area (Å²) in [5, 5.41) is 10.4. The predicted molar refractivity (Wildman–Crippen MR) is 156 cm³/mol. The Hall–Kier alpha value is -4.00. The lowest BCUT2D eigenvalue weighted by atomic mass is 9.87. The fourth-order valence-electron chi connectivity index (χ4n) is 6.05. The first-order chi connectivity index (χ1) is 19.1. The topological polar surface area (TPSA) is 81.8 Å². The highest BCUT2D eigenvalue weighted by atomic mass is 16.5. The van der Waals surface area contributed by atoms with Crippen LogP contribution in [-0.2, 0) is 23.4 Å². The summed E-state index contributed by atoms with van der Waals surface area (Å²) < 4.78 is 9.80. The van der Waals surface area contributed by atoms with E-state index in [1.165, 1.54) is 5.56 Å². The molecule has 5 aromatic rings. The first kappa shape index (κ1) is 25.3. The first-order valence-electron chi connectivity index (χ1n) is 13.7. The van der Waals surface area contributed by atoms with Crippen molar-refractivity contribution in [2.24, 2.45) is 5.73 Å². The molecule has 0 unspecified atom stereocenters. The number of ether oxygens (including phenoxy) is 1. The molecule has 6 nitrogen and oxygen atoms in total. The maximum Gasteiger partial charge on any atom is 0.146 e. The molecule has 2 heterocycles. The molecule has 0 saturated heterocycles. The molecular weight excluding hydrogens is 482 g/mol. The Morgan fingerprint density at radius 3 is 2.10 bits per heavy atom. The summed E-state index contributed by atoms with van der Waals surface area (Å²) in [7, 11) is 1.76. The Labute approximate surface area is 229 Å². The molecule has 0 spiro atoms. The van der Waals surface area contributed by atoms with Crippen molar-refractivity contribution in [3.63, 3.8) is 0 Å². The number of hydrogen-bond acceptors (Lipinski definition) is 4. The average Bonchev–Trinajstić information content (AvgIpc) is 3.33. The molecule has 2 aromatic heterocycles. The lowest BCUT2D eigenvalue weighted by Crippen LogP contribution is -2.51. The summed E-state index contributed by atoms with van der Waals surface area (Å²) in [6, 6.07) is 31.4. The van der Waals surface area contributed by atoms with Gasteiger partial charge < -0.3 is 15.0 Å². The van der Waals surface area contributed by atoms with Crippen LogP contribution in [-0.4, -0.2) is 27.3 Å². The zero-order valence-corrected chi connectivity index (χ0v) is 22.4. The fourth-order valence-corrected chi connectivity index (χ4v) is 6.05. The van der Waals surface area contributed by atoms with Crippen molar-refractivity contribution in [1.82, 2.24) is 14.1 Å². The van der Waals surface area contributed by atoms with Crippen LogP contribution in [0.2, 0.25) is 0 Å². The van der Waals surface area contributed by atoms with Crippen molar-refractivity contribution in [1.29, 1.82) is 5.41 Å². The summed E-state index contributed by atoms with van der Waals surface area (Å²) in [6.45, 7) is 0.747. The lowest BCUT2D eigenvalue weighted by molar-refractivity contribution is 0.0306. The van der Waals surface area contributed by atoms with E-state index in [-0.39, 0.29) is 6.10 Å². The smallest absolute Gasteiger partial charge is 0.146 e. The second-order valence-electron chi connectivity index (χ2n) is 10.5. The highest BCUT2D eigenvalue weighted by Gasteiger charge is 2.35. The SMILES string of the molecule is COC1CCC(N)(n2cnc3c(c(-c4ccccc4)c(-c4ccccc4)n3CCc3ccccc3)c2=N)CC1. The molecule has 1 aliphatic rings. The summed E-state index contributed by atoms with van der Waals surface area (Å²) >= 11 is 0. The minimum atomic E-state index is -0.666. The third-order valence-electron chi connectivity index (χ3n) is 8.20. The normalized spacial score (nSPS) is 19.4. The van der Waals surface area contributed by atoms with Crippen molar-refractivity contribution in [3.8, 4) is 22.4 Å². The van der Waals surface area contributed by atoms with E-state index in [2.05, 4.69) is 77.4 Å². The number of aryl methyl sites for hydroxylation is 2. The summed E-state index contributed by atoms with van der Waals surface area (Å²) in [4.78, 5) is 5.04. The predicted octanol–water partition coefficient (Wildman–Crippen LogP) is 6.09. The molecule has 0 radical (unpaired) electrons. The third-order valence-corrected chi connectivity index (χ3v) is 8.20. The van der Waals surface area contributed by atoms with E-state index in [0.717, 1.165) is 72.1 Å². The van der Waals surface area contributed by atoms with Gasteiger partial charge in [0, 0.05) is 19.2 Å². The van der Waals surface area contributed by atoms with Crippen LogP contribution in [0.3, 0.4) is 0 Å². The number of nitrogens with two attached hydrogens (primary N) is 1. The van der Waals surface area contributed by atoms with Crippen LogP contribution in [0.4, 0.5) is 0 Å². The number of methoxy groups -OCH3 is 1. The van der Waals surface area contributed by atoms with Gasteiger partial charge in [-0.1, -0.05) is 91.0 Å². The molecule has 39 heavy (non-hydrogen) atoms. The van der Waals surface area contributed by atoms with Crippen LogP contribution in [0.15, 0.2) is 97.3 Å². The number of nitrogens with one attached hydrogen (secondary N) is 1. The highest BCUT2D eigenvalue weighted by molar-refractivity contribution is 6.02. The lowest BCUT2D eigenvalue weighted by Gasteiger charge is -2.38. The van der Waals surface area contributed by atoms with E-state index in [9.17, 15) is 5.41 Å². The van der Waals surface area contributed by atoms with Crippen molar-refractivity contribution < 1.29 is 4.74 Å². The number of rotatable bonds is 7. The Kier molecular flexibility index (Phi) is 6.90. The minimum Gasteiger partial charge on any atom is -0.381 e. The van der Waals surface area contributed by atoms with E-state index in [1.807, 2.05) is 22.8 Å². The summed E-state index contributed by atoms with van der Waals surface area (Å²) in [6.07, 6.45) is 6.11. The molecule has 6 rings (SSSR count). The van der Waals surface area contributed by atoms with Gasteiger partial charge in [0.15, 0.2) is 0 Å². The van der Waals surface area contributed by atoms with Crippen LogP contribution in [0, 0.1) is 5.41 Å². The van der Waals surface area contributed by atoms with E-state index in [4.69, 9.17) is 15.5 Å². The van der Waals surface area contributed by atoms with Crippen molar-refractivity contribution in [3.05, 3.63) is 108 Å². The Balaban J connectivity index is 1.60. The van der Waals surface area contributed by atoms with Crippen LogP contribution in [0.1, 0.15) is 31.2 Å². The first-order valence-corrected chi connectivity index (χ1v) is 13.7. The van der Waals surface area contributed by atoms with Gasteiger partial charge in [0.05, 0.1) is 22.8 Å². The maximum atomic E-state index is 9.55. The second-order valence-corrected chi connectivity index (χ2v) is 10.5. The Morgan fingerprint density at radius 2 is 1.49 bits per heavy atom. The monoisotopic (exact) mass is 517 g/mol. The van der Waals surface area contributed by atoms with Gasteiger partial charge in [-0.2, -0.15) is 0 Å². The van der Waals surface area contributed by atoms with Gasteiger partial charge in [-0.15, -0.1) is 0 Å². The van der Waals surface area contributed by atoms with Gasteiger partial charge in [-0.3, -0.25) is 9.98 Å². The molecule has 198 valence electrons. The molecule has 0 atom stereocenters. The molecule has 1 saturated carbocycles. The van der Waals surface area contributed by atoms with Crippen molar-refractivity contribution >= 4 is 11.0 Å². The summed E-state index contributed by atoms with van der Waals surface area (Å²) in [5.41, 5.74) is 13.1. The number of aromatic nitrogens is 3. The number of benzene rings is 3. The zero-order valence-electron chi connectivity index (χ0n) is 22.4. The molecule has 0 bridgehead atoms. The van der Waals surface area contributed by atoms with Gasteiger partial charge in [-0.25, -0.2) is 4.98 Å². The minimum absolute atomic E-state index is 0.219. The van der Waals surface area contributed by atoms with Crippen LogP contribution in [0.25, 0.3) is 33.4 Å². The molecule has 1 fully saturated rings. The van der Waals surface area contributed by atoms with Gasteiger partial charge >= 0.3 is 0 Å². The van der Waals surface area contributed by atoms with E-state index >= 15 is 0 Å². The maximum absolute atomic E-state index is 9.55. The standard InChI is InChI=1S/C33H35N5O/c1-39-27-17-20-33(35,21-18-27)38-23-36-32-29(31(38)34)28(25-13-7-3-8-14-25)30(26-15-9-4-10-16-26)37(32)22-19-24-11-5-2-6-12-24/h2-16,23,27,34H,17-22,35H2,1H3.